The Labute approximate surface area is 144 Å². The van der Waals surface area contributed by atoms with Crippen LogP contribution < -0.4 is 15.4 Å². The highest BCUT2D eigenvalue weighted by atomic mass is 35.5. The molecule has 1 aromatic carbocycles. The van der Waals surface area contributed by atoms with Crippen LogP contribution in [0.2, 0.25) is 10.0 Å². The second kappa shape index (κ2) is 6.64. The lowest BCUT2D eigenvalue weighted by atomic mass is 10.2. The zero-order valence-electron chi connectivity index (χ0n) is 12.2. The first-order chi connectivity index (χ1) is 11.0. The Kier molecular flexibility index (Phi) is 4.59. The number of amides is 1. The molecule has 0 radical (unpaired) electrons. The van der Waals surface area contributed by atoms with Crippen LogP contribution in [0.5, 0.6) is 5.75 Å². The lowest BCUT2D eigenvalue weighted by molar-refractivity contribution is 0.1000. The second-order valence-electron chi connectivity index (χ2n) is 5.33. The first-order valence-corrected chi connectivity index (χ1v) is 7.91. The minimum absolute atomic E-state index is 0.0298. The summed E-state index contributed by atoms with van der Waals surface area (Å²) in [6, 6.07) is 8.86. The van der Waals surface area contributed by atoms with E-state index in [0.29, 0.717) is 28.0 Å². The van der Waals surface area contributed by atoms with Crippen molar-refractivity contribution in [2.75, 3.05) is 18.0 Å². The summed E-state index contributed by atoms with van der Waals surface area (Å²) in [6.07, 6.45) is 2.32. The predicted octanol–water partition coefficient (Wildman–Crippen LogP) is 3.15. The van der Waals surface area contributed by atoms with Crippen LogP contribution in [0.3, 0.4) is 0 Å². The van der Waals surface area contributed by atoms with E-state index in [1.165, 1.54) is 12.3 Å². The van der Waals surface area contributed by atoms with Crippen LogP contribution in [0.1, 0.15) is 16.8 Å². The lowest BCUT2D eigenvalue weighted by Crippen LogP contribution is -2.25. The molecule has 1 aliphatic heterocycles. The van der Waals surface area contributed by atoms with Gasteiger partial charge in [0.1, 0.15) is 17.7 Å². The maximum absolute atomic E-state index is 11.1. The summed E-state index contributed by atoms with van der Waals surface area (Å²) in [5.41, 5.74) is 5.52. The van der Waals surface area contributed by atoms with E-state index in [1.807, 2.05) is 17.0 Å². The Morgan fingerprint density at radius 3 is 2.87 bits per heavy atom. The maximum atomic E-state index is 11.1. The van der Waals surface area contributed by atoms with Gasteiger partial charge >= 0.3 is 0 Å². The fraction of sp³-hybridized carbons (Fsp3) is 0.250. The SMILES string of the molecule is NC(=O)c1cnc(N2CCC(Oc3cccc(Cl)c3)C2)c(Cl)c1. The van der Waals surface area contributed by atoms with Gasteiger partial charge in [-0.15, -0.1) is 0 Å². The molecule has 1 fully saturated rings. The Morgan fingerprint density at radius 1 is 1.35 bits per heavy atom. The van der Waals surface area contributed by atoms with Gasteiger partial charge in [-0.25, -0.2) is 4.98 Å². The summed E-state index contributed by atoms with van der Waals surface area (Å²) in [7, 11) is 0. The smallest absolute Gasteiger partial charge is 0.250 e. The number of carbonyl (C=O) groups excluding carboxylic acids is 1. The average molecular weight is 352 g/mol. The number of carbonyl (C=O) groups is 1. The number of hydrogen-bond donors (Lipinski definition) is 1. The zero-order chi connectivity index (χ0) is 16.4. The molecule has 1 atom stereocenters. The lowest BCUT2D eigenvalue weighted by Gasteiger charge is -2.19. The Balaban J connectivity index is 1.69. The van der Waals surface area contributed by atoms with Crippen molar-refractivity contribution < 1.29 is 9.53 Å². The highest BCUT2D eigenvalue weighted by Crippen LogP contribution is 2.29. The number of primary amides is 1. The molecule has 0 saturated carbocycles. The number of halogens is 2. The molecule has 1 amide bonds. The van der Waals surface area contributed by atoms with E-state index in [2.05, 4.69) is 4.98 Å². The van der Waals surface area contributed by atoms with Crippen molar-refractivity contribution in [3.8, 4) is 5.75 Å². The monoisotopic (exact) mass is 351 g/mol. The van der Waals surface area contributed by atoms with Crippen LogP contribution >= 0.6 is 23.2 Å². The van der Waals surface area contributed by atoms with E-state index in [-0.39, 0.29) is 6.10 Å². The molecule has 1 saturated heterocycles. The highest BCUT2D eigenvalue weighted by Gasteiger charge is 2.26. The number of hydrogen-bond acceptors (Lipinski definition) is 4. The van der Waals surface area contributed by atoms with E-state index in [9.17, 15) is 4.79 Å². The summed E-state index contributed by atoms with van der Waals surface area (Å²) in [6.45, 7) is 1.43. The van der Waals surface area contributed by atoms with Gasteiger partial charge in [0.15, 0.2) is 0 Å². The van der Waals surface area contributed by atoms with Crippen LogP contribution in [0.4, 0.5) is 5.82 Å². The zero-order valence-corrected chi connectivity index (χ0v) is 13.7. The molecule has 0 spiro atoms. The summed E-state index contributed by atoms with van der Waals surface area (Å²) in [5, 5.41) is 1.05. The van der Waals surface area contributed by atoms with Crippen LogP contribution in [0, 0.1) is 0 Å². The van der Waals surface area contributed by atoms with Crippen LogP contribution in [-0.2, 0) is 0 Å². The number of aromatic nitrogens is 1. The molecule has 5 nitrogen and oxygen atoms in total. The average Bonchev–Trinajstić information content (AvgIpc) is 2.95. The molecule has 7 heteroatoms. The molecule has 1 aromatic heterocycles. The van der Waals surface area contributed by atoms with Gasteiger partial charge in [-0.1, -0.05) is 29.3 Å². The number of nitrogens with zero attached hydrogens (tertiary/aromatic N) is 2. The Bertz CT molecular complexity index is 739. The van der Waals surface area contributed by atoms with Gasteiger partial charge < -0.3 is 15.4 Å². The first kappa shape index (κ1) is 15.9. The van der Waals surface area contributed by atoms with E-state index in [4.69, 9.17) is 33.7 Å². The molecule has 23 heavy (non-hydrogen) atoms. The van der Waals surface area contributed by atoms with Crippen molar-refractivity contribution in [1.29, 1.82) is 0 Å². The highest BCUT2D eigenvalue weighted by molar-refractivity contribution is 6.33. The minimum Gasteiger partial charge on any atom is -0.488 e. The fourth-order valence-electron chi connectivity index (χ4n) is 2.55. The summed E-state index contributed by atoms with van der Waals surface area (Å²) in [5.74, 6) is 0.830. The number of pyridine rings is 1. The number of nitrogens with two attached hydrogens (primary N) is 1. The summed E-state index contributed by atoms with van der Waals surface area (Å²) < 4.78 is 5.94. The van der Waals surface area contributed by atoms with Crippen molar-refractivity contribution in [3.05, 3.63) is 52.1 Å². The second-order valence-corrected chi connectivity index (χ2v) is 6.17. The van der Waals surface area contributed by atoms with Gasteiger partial charge in [0.2, 0.25) is 5.91 Å². The van der Waals surface area contributed by atoms with Crippen molar-refractivity contribution in [2.24, 2.45) is 5.73 Å². The molecule has 120 valence electrons. The number of ether oxygens (including phenoxy) is 1. The maximum Gasteiger partial charge on any atom is 0.250 e. The topological polar surface area (TPSA) is 68.5 Å². The van der Waals surface area contributed by atoms with Crippen LogP contribution in [0.25, 0.3) is 0 Å². The Hall–Kier alpha value is -1.98. The van der Waals surface area contributed by atoms with Crippen molar-refractivity contribution >= 4 is 34.9 Å². The molecule has 2 heterocycles. The van der Waals surface area contributed by atoms with Crippen LogP contribution in [-0.4, -0.2) is 30.1 Å². The van der Waals surface area contributed by atoms with E-state index in [0.717, 1.165) is 18.7 Å². The normalized spacial score (nSPS) is 17.3. The summed E-state index contributed by atoms with van der Waals surface area (Å²) in [4.78, 5) is 17.4. The van der Waals surface area contributed by atoms with Gasteiger partial charge in [-0.05, 0) is 24.3 Å². The van der Waals surface area contributed by atoms with Gasteiger partial charge in [0.25, 0.3) is 0 Å². The minimum atomic E-state index is -0.547. The molecule has 3 rings (SSSR count). The van der Waals surface area contributed by atoms with Crippen molar-refractivity contribution in [3.63, 3.8) is 0 Å². The van der Waals surface area contributed by atoms with Crippen LogP contribution in [0.15, 0.2) is 36.5 Å². The van der Waals surface area contributed by atoms with Crippen molar-refractivity contribution in [1.82, 2.24) is 4.98 Å². The number of anilines is 1. The van der Waals surface area contributed by atoms with E-state index in [1.54, 1.807) is 12.1 Å². The first-order valence-electron chi connectivity index (χ1n) is 7.15. The third-order valence-corrected chi connectivity index (χ3v) is 4.16. The molecule has 0 bridgehead atoms. The predicted molar refractivity (Wildman–Crippen MR) is 90.5 cm³/mol. The largest absolute Gasteiger partial charge is 0.488 e. The molecule has 1 unspecified atom stereocenters. The van der Waals surface area contributed by atoms with Gasteiger partial charge in [0.05, 0.1) is 17.1 Å². The van der Waals surface area contributed by atoms with E-state index >= 15 is 0 Å². The fourth-order valence-corrected chi connectivity index (χ4v) is 3.01. The molecule has 2 aromatic rings. The standard InChI is InChI=1S/C16H15Cl2N3O2/c17-11-2-1-3-12(7-11)23-13-4-5-21(9-13)16-14(18)6-10(8-20-16)15(19)22/h1-3,6-8,13H,4-5,9H2,(H2,19,22). The van der Waals surface area contributed by atoms with Gasteiger partial charge in [0, 0.05) is 24.2 Å². The van der Waals surface area contributed by atoms with E-state index < -0.39 is 5.91 Å². The summed E-state index contributed by atoms with van der Waals surface area (Å²) >= 11 is 12.2. The molecule has 0 aliphatic carbocycles. The molecular weight excluding hydrogens is 337 g/mol. The Morgan fingerprint density at radius 2 is 2.17 bits per heavy atom. The molecule has 1 aliphatic rings. The third kappa shape index (κ3) is 3.68. The molecule has 2 N–H and O–H groups in total. The third-order valence-electron chi connectivity index (χ3n) is 3.65. The number of rotatable bonds is 4. The quantitative estimate of drug-likeness (QED) is 0.918. The van der Waals surface area contributed by atoms with Gasteiger partial charge in [-0.3, -0.25) is 4.79 Å². The molecular formula is C16H15Cl2N3O2. The van der Waals surface area contributed by atoms with Gasteiger partial charge in [-0.2, -0.15) is 0 Å². The number of benzene rings is 1. The van der Waals surface area contributed by atoms with Crippen molar-refractivity contribution in [2.45, 2.75) is 12.5 Å².